The first-order valence-electron chi connectivity index (χ1n) is 11.3. The Balaban J connectivity index is 1.78. The summed E-state index contributed by atoms with van der Waals surface area (Å²) >= 11 is 0. The lowest BCUT2D eigenvalue weighted by molar-refractivity contribution is -0.139. The Hall–Kier alpha value is -3.55. The topological polar surface area (TPSA) is 54.3 Å². The molecule has 2 aromatic carbocycles. The number of nitrogens with zero attached hydrogens (tertiary/aromatic N) is 2. The van der Waals surface area contributed by atoms with E-state index in [9.17, 15) is 22.8 Å². The van der Waals surface area contributed by atoms with Gasteiger partial charge in [-0.25, -0.2) is 13.2 Å². The molecule has 1 atom stereocenters. The van der Waals surface area contributed by atoms with Crippen LogP contribution in [-0.4, -0.2) is 27.8 Å². The van der Waals surface area contributed by atoms with Crippen molar-refractivity contribution in [1.29, 1.82) is 0 Å². The molecule has 5 rings (SSSR count). The van der Waals surface area contributed by atoms with Gasteiger partial charge in [0.15, 0.2) is 17.5 Å². The lowest BCUT2D eigenvalue weighted by atomic mass is 9.84. The second-order valence-electron chi connectivity index (χ2n) is 9.32. The third-order valence-electron chi connectivity index (χ3n) is 6.60. The summed E-state index contributed by atoms with van der Waals surface area (Å²) in [6, 6.07) is 7.61. The molecule has 34 heavy (non-hydrogen) atoms. The summed E-state index contributed by atoms with van der Waals surface area (Å²) < 4.78 is 44.6. The number of imide groups is 1. The van der Waals surface area contributed by atoms with E-state index in [-0.39, 0.29) is 17.7 Å². The highest BCUT2D eigenvalue weighted by molar-refractivity contribution is 6.11. The van der Waals surface area contributed by atoms with E-state index in [0.29, 0.717) is 17.2 Å². The first-order chi connectivity index (χ1) is 16.2. The third-order valence-corrected chi connectivity index (χ3v) is 6.60. The second kappa shape index (κ2) is 8.04. The highest BCUT2D eigenvalue weighted by Crippen LogP contribution is 2.46. The SMILES string of the molecule is CC(=O)N1CC2=C(C1=O)[C@H](c1cc(F)c(F)c(F)c1)c1cn(CCC(C)C)c3cccc(c13)N2. The number of carbonyl (C=O) groups is 2. The van der Waals surface area contributed by atoms with Gasteiger partial charge < -0.3 is 9.88 Å². The summed E-state index contributed by atoms with van der Waals surface area (Å²) in [4.78, 5) is 26.6. The van der Waals surface area contributed by atoms with Crippen LogP contribution >= 0.6 is 0 Å². The van der Waals surface area contributed by atoms with Gasteiger partial charge in [-0.1, -0.05) is 19.9 Å². The molecular weight excluding hydrogens is 443 g/mol. The Bertz CT molecular complexity index is 1370. The van der Waals surface area contributed by atoms with Gasteiger partial charge in [0.25, 0.3) is 5.91 Å². The Labute approximate surface area is 194 Å². The van der Waals surface area contributed by atoms with Crippen molar-refractivity contribution in [2.24, 2.45) is 5.92 Å². The molecule has 2 amide bonds. The molecule has 176 valence electrons. The molecule has 1 N–H and O–H groups in total. The molecule has 5 nitrogen and oxygen atoms in total. The largest absolute Gasteiger partial charge is 0.356 e. The number of nitrogens with one attached hydrogen (secondary N) is 1. The maximum atomic E-state index is 14.3. The predicted molar refractivity (Wildman–Crippen MR) is 123 cm³/mol. The minimum Gasteiger partial charge on any atom is -0.356 e. The number of hydrogen-bond acceptors (Lipinski definition) is 3. The Morgan fingerprint density at radius 3 is 2.53 bits per heavy atom. The molecule has 0 unspecified atom stereocenters. The van der Waals surface area contributed by atoms with Gasteiger partial charge in [-0.05, 0) is 47.7 Å². The van der Waals surface area contributed by atoms with Crippen LogP contribution in [0.25, 0.3) is 10.9 Å². The van der Waals surface area contributed by atoms with Crippen LogP contribution < -0.4 is 5.32 Å². The van der Waals surface area contributed by atoms with E-state index in [1.165, 1.54) is 6.92 Å². The Kier molecular flexibility index (Phi) is 5.26. The summed E-state index contributed by atoms with van der Waals surface area (Å²) in [5, 5.41) is 4.14. The summed E-state index contributed by atoms with van der Waals surface area (Å²) in [6.45, 7) is 6.29. The zero-order valence-corrected chi connectivity index (χ0v) is 19.1. The van der Waals surface area contributed by atoms with Crippen LogP contribution in [-0.2, 0) is 16.1 Å². The van der Waals surface area contributed by atoms with Gasteiger partial charge in [-0.2, -0.15) is 0 Å². The summed E-state index contributed by atoms with van der Waals surface area (Å²) in [5.74, 6) is -5.59. The van der Waals surface area contributed by atoms with Gasteiger partial charge in [0.1, 0.15) is 0 Å². The molecule has 0 fully saturated rings. The van der Waals surface area contributed by atoms with Crippen LogP contribution in [0.2, 0.25) is 0 Å². The molecule has 2 aliphatic rings. The average Bonchev–Trinajstić information content (AvgIpc) is 3.25. The van der Waals surface area contributed by atoms with Gasteiger partial charge in [0, 0.05) is 42.4 Å². The lowest BCUT2D eigenvalue weighted by Crippen LogP contribution is -2.33. The van der Waals surface area contributed by atoms with E-state index < -0.39 is 35.2 Å². The fourth-order valence-corrected chi connectivity index (χ4v) is 4.94. The van der Waals surface area contributed by atoms with Crippen molar-refractivity contribution in [2.75, 3.05) is 11.9 Å². The average molecular weight is 467 g/mol. The number of amides is 2. The molecule has 3 heterocycles. The number of carbonyl (C=O) groups excluding carboxylic acids is 2. The summed E-state index contributed by atoms with van der Waals surface area (Å²) in [6.07, 6.45) is 2.82. The van der Waals surface area contributed by atoms with Crippen LogP contribution in [0, 0.1) is 23.4 Å². The van der Waals surface area contributed by atoms with Crippen LogP contribution in [0.5, 0.6) is 0 Å². The van der Waals surface area contributed by atoms with Crippen molar-refractivity contribution in [1.82, 2.24) is 9.47 Å². The third kappa shape index (κ3) is 3.40. The molecule has 0 saturated carbocycles. The number of anilines is 1. The number of rotatable bonds is 4. The molecule has 1 aromatic heterocycles. The highest BCUT2D eigenvalue weighted by atomic mass is 19.2. The maximum absolute atomic E-state index is 14.3. The smallest absolute Gasteiger partial charge is 0.259 e. The molecular formula is C26H24F3N3O2. The van der Waals surface area contributed by atoms with Gasteiger partial charge >= 0.3 is 0 Å². The summed E-state index contributed by atoms with van der Waals surface area (Å²) in [5.41, 5.74) is 3.19. The van der Waals surface area contributed by atoms with Gasteiger partial charge in [0.05, 0.1) is 17.6 Å². The standard InChI is InChI=1S/C26H24F3N3O2/c1-13(2)7-8-31-11-16-22(15-9-17(27)25(29)18(28)10-15)24-20(12-32(14(3)33)26(24)34)30-19-5-4-6-21(31)23(16)19/h4-6,9-11,13,22,30H,7-8,12H2,1-3H3/t22-/m1/s1. The van der Waals surface area contributed by atoms with E-state index in [1.54, 1.807) is 0 Å². The molecule has 2 aliphatic heterocycles. The molecule has 8 heteroatoms. The van der Waals surface area contributed by atoms with Crippen LogP contribution in [0.3, 0.4) is 0 Å². The van der Waals surface area contributed by atoms with Crippen molar-refractivity contribution in [3.8, 4) is 0 Å². The van der Waals surface area contributed by atoms with Crippen LogP contribution in [0.4, 0.5) is 18.9 Å². The summed E-state index contributed by atoms with van der Waals surface area (Å²) in [7, 11) is 0. The number of aromatic nitrogens is 1. The van der Waals surface area contributed by atoms with Gasteiger partial charge in [0.2, 0.25) is 5.91 Å². The first kappa shape index (κ1) is 22.3. The van der Waals surface area contributed by atoms with Crippen molar-refractivity contribution in [3.05, 3.63) is 76.4 Å². The zero-order valence-electron chi connectivity index (χ0n) is 19.1. The van der Waals surface area contributed by atoms with E-state index in [0.717, 1.165) is 46.6 Å². The van der Waals surface area contributed by atoms with E-state index in [1.807, 2.05) is 24.4 Å². The second-order valence-corrected chi connectivity index (χ2v) is 9.32. The fraction of sp³-hybridized carbons (Fsp3) is 0.308. The van der Waals surface area contributed by atoms with E-state index in [2.05, 4.69) is 23.7 Å². The quantitative estimate of drug-likeness (QED) is 0.530. The molecule has 0 spiro atoms. The zero-order chi connectivity index (χ0) is 24.3. The highest BCUT2D eigenvalue weighted by Gasteiger charge is 2.42. The van der Waals surface area contributed by atoms with E-state index >= 15 is 0 Å². The molecule has 0 bridgehead atoms. The predicted octanol–water partition coefficient (Wildman–Crippen LogP) is 5.30. The van der Waals surface area contributed by atoms with Crippen LogP contribution in [0.1, 0.15) is 44.2 Å². The minimum absolute atomic E-state index is 0.0279. The first-order valence-corrected chi connectivity index (χ1v) is 11.3. The Morgan fingerprint density at radius 1 is 1.18 bits per heavy atom. The fourth-order valence-electron chi connectivity index (χ4n) is 4.94. The Morgan fingerprint density at radius 2 is 1.88 bits per heavy atom. The van der Waals surface area contributed by atoms with Crippen molar-refractivity contribution >= 4 is 28.4 Å². The molecule has 0 saturated heterocycles. The molecule has 3 aromatic rings. The van der Waals surface area contributed by atoms with Crippen LogP contribution in [0.15, 0.2) is 47.8 Å². The minimum atomic E-state index is -1.56. The number of halogens is 3. The van der Waals surface area contributed by atoms with E-state index in [4.69, 9.17) is 0 Å². The normalized spacial score (nSPS) is 17.4. The van der Waals surface area contributed by atoms with Crippen molar-refractivity contribution in [3.63, 3.8) is 0 Å². The monoisotopic (exact) mass is 467 g/mol. The molecule has 0 aliphatic carbocycles. The van der Waals surface area contributed by atoms with Gasteiger partial charge in [-0.3, -0.25) is 14.5 Å². The lowest BCUT2D eigenvalue weighted by Gasteiger charge is -2.20. The van der Waals surface area contributed by atoms with Crippen molar-refractivity contribution in [2.45, 2.75) is 39.7 Å². The number of benzene rings is 2. The molecule has 0 radical (unpaired) electrons. The van der Waals surface area contributed by atoms with Gasteiger partial charge in [-0.15, -0.1) is 0 Å². The number of hydrogen-bond donors (Lipinski definition) is 1. The maximum Gasteiger partial charge on any atom is 0.259 e. The number of aryl methyl sites for hydroxylation is 1. The van der Waals surface area contributed by atoms with Crippen molar-refractivity contribution < 1.29 is 22.8 Å².